The SMILES string of the molecule is CC(C1CCCOC1)C(C)(C)C. The van der Waals surface area contributed by atoms with Gasteiger partial charge in [0, 0.05) is 13.2 Å². The molecule has 1 heteroatoms. The molecule has 1 saturated heterocycles. The van der Waals surface area contributed by atoms with E-state index in [9.17, 15) is 0 Å². The number of hydrogen-bond donors (Lipinski definition) is 0. The van der Waals surface area contributed by atoms with Crippen LogP contribution in [-0.4, -0.2) is 13.2 Å². The lowest BCUT2D eigenvalue weighted by atomic mass is 9.73. The molecule has 1 fully saturated rings. The zero-order valence-corrected chi connectivity index (χ0v) is 8.89. The fourth-order valence-electron chi connectivity index (χ4n) is 1.87. The van der Waals surface area contributed by atoms with Crippen LogP contribution >= 0.6 is 0 Å². The van der Waals surface area contributed by atoms with Gasteiger partial charge in [0.05, 0.1) is 0 Å². The van der Waals surface area contributed by atoms with Gasteiger partial charge in [-0.3, -0.25) is 0 Å². The highest BCUT2D eigenvalue weighted by Gasteiger charge is 2.29. The number of rotatable bonds is 1. The average Bonchev–Trinajstić information content (AvgIpc) is 2.03. The molecule has 0 amide bonds. The summed E-state index contributed by atoms with van der Waals surface area (Å²) in [5, 5.41) is 0. The standard InChI is InChI=1S/C11H22O/c1-9(11(2,3)4)10-6-5-7-12-8-10/h9-10H,5-8H2,1-4H3. The Hall–Kier alpha value is -0.0400. The van der Waals surface area contributed by atoms with E-state index in [1.807, 2.05) is 0 Å². The van der Waals surface area contributed by atoms with Gasteiger partial charge in [0.15, 0.2) is 0 Å². The first-order valence-electron chi connectivity index (χ1n) is 5.09. The van der Waals surface area contributed by atoms with Gasteiger partial charge in [-0.25, -0.2) is 0 Å². The van der Waals surface area contributed by atoms with E-state index in [0.29, 0.717) is 5.41 Å². The van der Waals surface area contributed by atoms with Crippen molar-refractivity contribution in [1.82, 2.24) is 0 Å². The van der Waals surface area contributed by atoms with E-state index < -0.39 is 0 Å². The smallest absolute Gasteiger partial charge is 0.0497 e. The first-order chi connectivity index (χ1) is 5.52. The third kappa shape index (κ3) is 2.48. The van der Waals surface area contributed by atoms with Crippen LogP contribution in [0.3, 0.4) is 0 Å². The van der Waals surface area contributed by atoms with Gasteiger partial charge in [0.25, 0.3) is 0 Å². The van der Waals surface area contributed by atoms with Crippen molar-refractivity contribution in [3.63, 3.8) is 0 Å². The van der Waals surface area contributed by atoms with Gasteiger partial charge in [-0.2, -0.15) is 0 Å². The maximum atomic E-state index is 5.50. The molecule has 0 spiro atoms. The van der Waals surface area contributed by atoms with Gasteiger partial charge in [-0.05, 0) is 30.1 Å². The first kappa shape index (κ1) is 10.0. The summed E-state index contributed by atoms with van der Waals surface area (Å²) in [6, 6.07) is 0. The largest absolute Gasteiger partial charge is 0.381 e. The minimum atomic E-state index is 0.436. The van der Waals surface area contributed by atoms with E-state index >= 15 is 0 Å². The molecule has 0 radical (unpaired) electrons. The summed E-state index contributed by atoms with van der Waals surface area (Å²) in [7, 11) is 0. The van der Waals surface area contributed by atoms with E-state index in [1.54, 1.807) is 0 Å². The zero-order valence-electron chi connectivity index (χ0n) is 8.89. The predicted octanol–water partition coefficient (Wildman–Crippen LogP) is 3.10. The van der Waals surface area contributed by atoms with E-state index in [0.717, 1.165) is 25.0 Å². The molecular weight excluding hydrogens is 148 g/mol. The molecule has 1 aliphatic heterocycles. The number of ether oxygens (including phenoxy) is 1. The molecule has 1 aliphatic rings. The molecular formula is C11H22O. The molecule has 2 unspecified atom stereocenters. The van der Waals surface area contributed by atoms with Crippen molar-refractivity contribution < 1.29 is 4.74 Å². The third-order valence-electron chi connectivity index (χ3n) is 3.27. The highest BCUT2D eigenvalue weighted by Crippen LogP contribution is 2.35. The summed E-state index contributed by atoms with van der Waals surface area (Å²) in [6.45, 7) is 11.3. The van der Waals surface area contributed by atoms with Crippen LogP contribution in [0.4, 0.5) is 0 Å². The van der Waals surface area contributed by atoms with Crippen LogP contribution in [0.1, 0.15) is 40.5 Å². The Kier molecular flexibility index (Phi) is 3.16. The number of hydrogen-bond acceptors (Lipinski definition) is 1. The Labute approximate surface area is 76.5 Å². The van der Waals surface area contributed by atoms with Crippen LogP contribution in [0.2, 0.25) is 0 Å². The summed E-state index contributed by atoms with van der Waals surface area (Å²) in [5.41, 5.74) is 0.436. The fourth-order valence-corrected chi connectivity index (χ4v) is 1.87. The zero-order chi connectivity index (χ0) is 9.19. The van der Waals surface area contributed by atoms with Gasteiger partial charge in [-0.15, -0.1) is 0 Å². The highest BCUT2D eigenvalue weighted by atomic mass is 16.5. The molecule has 0 aromatic rings. The Balaban J connectivity index is 2.45. The Morgan fingerprint density at radius 1 is 1.33 bits per heavy atom. The third-order valence-corrected chi connectivity index (χ3v) is 3.27. The van der Waals surface area contributed by atoms with Crippen LogP contribution in [0.25, 0.3) is 0 Å². The topological polar surface area (TPSA) is 9.23 Å². The average molecular weight is 170 g/mol. The summed E-state index contributed by atoms with van der Waals surface area (Å²) in [5.74, 6) is 1.57. The van der Waals surface area contributed by atoms with E-state index in [-0.39, 0.29) is 0 Å². The predicted molar refractivity (Wildman–Crippen MR) is 52.2 cm³/mol. The second kappa shape index (κ2) is 3.78. The van der Waals surface area contributed by atoms with Crippen molar-refractivity contribution in [3.8, 4) is 0 Å². The maximum absolute atomic E-state index is 5.50. The Morgan fingerprint density at radius 3 is 2.42 bits per heavy atom. The van der Waals surface area contributed by atoms with Gasteiger partial charge < -0.3 is 4.74 Å². The molecule has 1 nitrogen and oxygen atoms in total. The van der Waals surface area contributed by atoms with Crippen LogP contribution in [-0.2, 0) is 4.74 Å². The Morgan fingerprint density at radius 2 is 2.00 bits per heavy atom. The quantitative estimate of drug-likeness (QED) is 0.587. The lowest BCUT2D eigenvalue weighted by Gasteiger charge is -2.36. The molecule has 0 aliphatic carbocycles. The highest BCUT2D eigenvalue weighted by molar-refractivity contribution is 4.78. The van der Waals surface area contributed by atoms with E-state index in [2.05, 4.69) is 27.7 Å². The van der Waals surface area contributed by atoms with Crippen LogP contribution in [0.5, 0.6) is 0 Å². The molecule has 0 saturated carbocycles. The van der Waals surface area contributed by atoms with Crippen molar-refractivity contribution in [2.24, 2.45) is 17.3 Å². The summed E-state index contributed by atoms with van der Waals surface area (Å²) >= 11 is 0. The molecule has 0 bridgehead atoms. The maximum Gasteiger partial charge on any atom is 0.0497 e. The second-order valence-corrected chi connectivity index (χ2v) is 5.13. The fraction of sp³-hybridized carbons (Fsp3) is 1.00. The Bertz CT molecular complexity index is 128. The molecule has 0 aromatic heterocycles. The molecule has 12 heavy (non-hydrogen) atoms. The molecule has 1 heterocycles. The summed E-state index contributed by atoms with van der Waals surface area (Å²) < 4.78 is 5.50. The van der Waals surface area contributed by atoms with Crippen LogP contribution < -0.4 is 0 Å². The molecule has 72 valence electrons. The van der Waals surface area contributed by atoms with Crippen molar-refractivity contribution in [2.45, 2.75) is 40.5 Å². The normalized spacial score (nSPS) is 28.5. The monoisotopic (exact) mass is 170 g/mol. The summed E-state index contributed by atoms with van der Waals surface area (Å²) in [6.07, 6.45) is 2.61. The van der Waals surface area contributed by atoms with Gasteiger partial charge in [-0.1, -0.05) is 27.7 Å². The van der Waals surface area contributed by atoms with Crippen molar-refractivity contribution in [3.05, 3.63) is 0 Å². The van der Waals surface area contributed by atoms with E-state index in [1.165, 1.54) is 12.8 Å². The van der Waals surface area contributed by atoms with Crippen molar-refractivity contribution in [1.29, 1.82) is 0 Å². The lowest BCUT2D eigenvalue weighted by Crippen LogP contribution is -2.31. The molecule has 0 N–H and O–H groups in total. The minimum absolute atomic E-state index is 0.436. The van der Waals surface area contributed by atoms with Crippen molar-refractivity contribution in [2.75, 3.05) is 13.2 Å². The van der Waals surface area contributed by atoms with Gasteiger partial charge in [0.1, 0.15) is 0 Å². The second-order valence-electron chi connectivity index (χ2n) is 5.13. The molecule has 0 aromatic carbocycles. The van der Waals surface area contributed by atoms with Gasteiger partial charge >= 0.3 is 0 Å². The lowest BCUT2D eigenvalue weighted by molar-refractivity contribution is 0.00862. The molecule has 1 rings (SSSR count). The summed E-state index contributed by atoms with van der Waals surface area (Å²) in [4.78, 5) is 0. The molecule has 2 atom stereocenters. The minimum Gasteiger partial charge on any atom is -0.381 e. The van der Waals surface area contributed by atoms with Crippen LogP contribution in [0, 0.1) is 17.3 Å². The van der Waals surface area contributed by atoms with E-state index in [4.69, 9.17) is 4.74 Å². The van der Waals surface area contributed by atoms with Crippen LogP contribution in [0.15, 0.2) is 0 Å². The first-order valence-corrected chi connectivity index (χ1v) is 5.09. The van der Waals surface area contributed by atoms with Gasteiger partial charge in [0.2, 0.25) is 0 Å². The van der Waals surface area contributed by atoms with Crippen molar-refractivity contribution >= 4 is 0 Å².